The van der Waals surface area contributed by atoms with E-state index in [0.29, 0.717) is 12.0 Å². The van der Waals surface area contributed by atoms with Gasteiger partial charge in [-0.2, -0.15) is 0 Å². The summed E-state index contributed by atoms with van der Waals surface area (Å²) in [6.45, 7) is 7.71. The molecule has 1 rings (SSSR count). The molecule has 0 aliphatic carbocycles. The molecule has 1 unspecified atom stereocenters. The molecule has 2 heteroatoms. The quantitative estimate of drug-likeness (QED) is 0.847. The lowest BCUT2D eigenvalue weighted by Gasteiger charge is -2.20. The van der Waals surface area contributed by atoms with E-state index in [2.05, 4.69) is 66.3 Å². The number of halogens is 1. The highest BCUT2D eigenvalue weighted by Crippen LogP contribution is 2.23. The lowest BCUT2D eigenvalue weighted by Crippen LogP contribution is -2.22. The van der Waals surface area contributed by atoms with Crippen LogP contribution in [-0.4, -0.2) is 6.54 Å². The third-order valence-electron chi connectivity index (χ3n) is 2.41. The Bertz CT molecular complexity index is 296. The van der Waals surface area contributed by atoms with E-state index in [9.17, 15) is 0 Å². The Hall–Kier alpha value is -0.340. The van der Waals surface area contributed by atoms with Gasteiger partial charge in [0.1, 0.15) is 0 Å². The molecule has 1 aromatic carbocycles. The molecular formula is C13H20BrN. The number of hydrogen-bond acceptors (Lipinski definition) is 1. The van der Waals surface area contributed by atoms with Crippen molar-refractivity contribution in [1.29, 1.82) is 0 Å². The van der Waals surface area contributed by atoms with Gasteiger partial charge in [-0.1, -0.05) is 48.8 Å². The fraction of sp³-hybridized carbons (Fsp3) is 0.538. The van der Waals surface area contributed by atoms with Crippen molar-refractivity contribution in [2.24, 2.45) is 5.92 Å². The van der Waals surface area contributed by atoms with Crippen molar-refractivity contribution in [3.05, 3.63) is 34.3 Å². The lowest BCUT2D eigenvalue weighted by molar-refractivity contribution is 0.438. The fourth-order valence-corrected chi connectivity index (χ4v) is 2.20. The van der Waals surface area contributed by atoms with Gasteiger partial charge in [-0.25, -0.2) is 0 Å². The molecule has 0 fully saturated rings. The Morgan fingerprint density at radius 2 is 2.07 bits per heavy atom. The van der Waals surface area contributed by atoms with Crippen LogP contribution in [0.15, 0.2) is 28.7 Å². The SMILES string of the molecule is CCNC(CC(C)C)c1cccc(Br)c1. The molecule has 0 amide bonds. The first-order valence-electron chi connectivity index (χ1n) is 5.62. The fourth-order valence-electron chi connectivity index (χ4n) is 1.78. The molecule has 0 aliphatic heterocycles. The van der Waals surface area contributed by atoms with E-state index in [1.165, 1.54) is 12.0 Å². The van der Waals surface area contributed by atoms with Crippen LogP contribution in [0.4, 0.5) is 0 Å². The van der Waals surface area contributed by atoms with Crippen molar-refractivity contribution in [2.45, 2.75) is 33.2 Å². The lowest BCUT2D eigenvalue weighted by atomic mass is 9.97. The largest absolute Gasteiger partial charge is 0.310 e. The number of hydrogen-bond donors (Lipinski definition) is 1. The molecule has 15 heavy (non-hydrogen) atoms. The van der Waals surface area contributed by atoms with Crippen LogP contribution in [0.1, 0.15) is 38.8 Å². The highest BCUT2D eigenvalue weighted by atomic mass is 79.9. The van der Waals surface area contributed by atoms with Crippen molar-refractivity contribution in [2.75, 3.05) is 6.54 Å². The average molecular weight is 270 g/mol. The number of nitrogens with one attached hydrogen (secondary N) is 1. The van der Waals surface area contributed by atoms with Gasteiger partial charge in [-0.3, -0.25) is 0 Å². The van der Waals surface area contributed by atoms with Crippen LogP contribution >= 0.6 is 15.9 Å². The molecular weight excluding hydrogens is 250 g/mol. The normalized spacial score (nSPS) is 13.1. The minimum absolute atomic E-state index is 0.479. The van der Waals surface area contributed by atoms with Crippen LogP contribution in [0.5, 0.6) is 0 Å². The Morgan fingerprint density at radius 1 is 1.33 bits per heavy atom. The maximum absolute atomic E-state index is 3.54. The summed E-state index contributed by atoms with van der Waals surface area (Å²) in [7, 11) is 0. The molecule has 0 saturated heterocycles. The smallest absolute Gasteiger partial charge is 0.0322 e. The summed E-state index contributed by atoms with van der Waals surface area (Å²) >= 11 is 3.52. The Labute approximate surface area is 101 Å². The van der Waals surface area contributed by atoms with E-state index >= 15 is 0 Å². The van der Waals surface area contributed by atoms with Gasteiger partial charge in [-0.15, -0.1) is 0 Å². The van der Waals surface area contributed by atoms with Gasteiger partial charge < -0.3 is 5.32 Å². The van der Waals surface area contributed by atoms with Crippen molar-refractivity contribution >= 4 is 15.9 Å². The van der Waals surface area contributed by atoms with E-state index in [4.69, 9.17) is 0 Å². The summed E-state index contributed by atoms with van der Waals surface area (Å²) in [6, 6.07) is 9.05. The third kappa shape index (κ3) is 4.35. The van der Waals surface area contributed by atoms with Crippen LogP contribution in [0.2, 0.25) is 0 Å². The van der Waals surface area contributed by atoms with Gasteiger partial charge in [0.15, 0.2) is 0 Å². The van der Waals surface area contributed by atoms with Crippen LogP contribution in [0.3, 0.4) is 0 Å². The van der Waals surface area contributed by atoms with E-state index in [1.807, 2.05) is 0 Å². The summed E-state index contributed by atoms with van der Waals surface area (Å²) in [5.41, 5.74) is 1.37. The van der Waals surface area contributed by atoms with Gasteiger partial charge in [0.05, 0.1) is 0 Å². The average Bonchev–Trinajstić information content (AvgIpc) is 2.16. The van der Waals surface area contributed by atoms with Gasteiger partial charge >= 0.3 is 0 Å². The molecule has 0 radical (unpaired) electrons. The molecule has 0 bridgehead atoms. The molecule has 0 aliphatic rings. The van der Waals surface area contributed by atoms with E-state index < -0.39 is 0 Å². The predicted octanol–water partition coefficient (Wildman–Crippen LogP) is 4.15. The summed E-state index contributed by atoms with van der Waals surface area (Å²) in [5.74, 6) is 0.716. The first-order chi connectivity index (χ1) is 7.13. The van der Waals surface area contributed by atoms with Crippen LogP contribution in [0, 0.1) is 5.92 Å². The van der Waals surface area contributed by atoms with Crippen LogP contribution < -0.4 is 5.32 Å². The first kappa shape index (κ1) is 12.7. The maximum Gasteiger partial charge on any atom is 0.0322 e. The molecule has 0 spiro atoms. The highest BCUT2D eigenvalue weighted by Gasteiger charge is 2.11. The third-order valence-corrected chi connectivity index (χ3v) is 2.90. The van der Waals surface area contributed by atoms with Crippen LogP contribution in [0.25, 0.3) is 0 Å². The minimum atomic E-state index is 0.479. The summed E-state index contributed by atoms with van der Waals surface area (Å²) in [4.78, 5) is 0. The Kier molecular flexibility index (Phi) is 5.34. The second-order valence-corrected chi connectivity index (χ2v) is 5.21. The molecule has 0 saturated carbocycles. The first-order valence-corrected chi connectivity index (χ1v) is 6.41. The predicted molar refractivity (Wildman–Crippen MR) is 70.0 cm³/mol. The number of benzene rings is 1. The Balaban J connectivity index is 2.78. The standard InChI is InChI=1S/C13H20BrN/c1-4-15-13(8-10(2)3)11-6-5-7-12(14)9-11/h5-7,9-10,13,15H,4,8H2,1-3H3. The second-order valence-electron chi connectivity index (χ2n) is 4.29. The monoisotopic (exact) mass is 269 g/mol. The highest BCUT2D eigenvalue weighted by molar-refractivity contribution is 9.10. The summed E-state index contributed by atoms with van der Waals surface area (Å²) in [5, 5.41) is 3.54. The van der Waals surface area contributed by atoms with Gasteiger partial charge in [0.25, 0.3) is 0 Å². The Morgan fingerprint density at radius 3 is 2.60 bits per heavy atom. The van der Waals surface area contributed by atoms with Gasteiger partial charge in [0.2, 0.25) is 0 Å². The van der Waals surface area contributed by atoms with Crippen molar-refractivity contribution in [3.8, 4) is 0 Å². The molecule has 1 atom stereocenters. The van der Waals surface area contributed by atoms with E-state index in [0.717, 1.165) is 11.0 Å². The maximum atomic E-state index is 3.54. The molecule has 1 N–H and O–H groups in total. The number of rotatable bonds is 5. The zero-order chi connectivity index (χ0) is 11.3. The van der Waals surface area contributed by atoms with E-state index in [-0.39, 0.29) is 0 Å². The van der Waals surface area contributed by atoms with Gasteiger partial charge in [0, 0.05) is 10.5 Å². The van der Waals surface area contributed by atoms with Crippen LogP contribution in [-0.2, 0) is 0 Å². The zero-order valence-corrected chi connectivity index (χ0v) is 11.3. The van der Waals surface area contributed by atoms with Crippen molar-refractivity contribution in [3.63, 3.8) is 0 Å². The molecule has 0 aromatic heterocycles. The van der Waals surface area contributed by atoms with Crippen molar-refractivity contribution in [1.82, 2.24) is 5.32 Å². The van der Waals surface area contributed by atoms with Crippen molar-refractivity contribution < 1.29 is 0 Å². The molecule has 0 heterocycles. The summed E-state index contributed by atoms with van der Waals surface area (Å²) < 4.78 is 1.16. The zero-order valence-electron chi connectivity index (χ0n) is 9.76. The molecule has 1 aromatic rings. The molecule has 1 nitrogen and oxygen atoms in total. The minimum Gasteiger partial charge on any atom is -0.310 e. The summed E-state index contributed by atoms with van der Waals surface area (Å²) in [6.07, 6.45) is 1.18. The van der Waals surface area contributed by atoms with Gasteiger partial charge in [-0.05, 0) is 36.6 Å². The topological polar surface area (TPSA) is 12.0 Å². The molecule has 84 valence electrons. The second kappa shape index (κ2) is 6.29. The van der Waals surface area contributed by atoms with E-state index in [1.54, 1.807) is 0 Å².